The highest BCUT2D eigenvalue weighted by atomic mass is 32.2. The standard InChI is InChI=1S/C25H26N4O4S/c1-17-6-7-20(34(31,32)28-15-19-4-3-13-33-19)14-22(17)25(30)29-11-8-18(9-12-29)23-16-27-24-21(23)5-2-10-26-24/h2-7,10,13-14,16,18,28H,8-9,11-12,15H2,1H3,(H,26,27). The van der Waals surface area contributed by atoms with Gasteiger partial charge in [0.2, 0.25) is 10.0 Å². The Labute approximate surface area is 198 Å². The van der Waals surface area contributed by atoms with Gasteiger partial charge in [0, 0.05) is 36.4 Å². The van der Waals surface area contributed by atoms with E-state index in [0.717, 1.165) is 29.4 Å². The Kier molecular flexibility index (Phi) is 5.97. The Morgan fingerprint density at radius 3 is 2.79 bits per heavy atom. The molecule has 0 radical (unpaired) electrons. The third-order valence-corrected chi connectivity index (χ3v) is 7.87. The van der Waals surface area contributed by atoms with E-state index in [1.165, 1.54) is 24.0 Å². The summed E-state index contributed by atoms with van der Waals surface area (Å²) < 4.78 is 33.3. The molecule has 0 unspecified atom stereocenters. The van der Waals surface area contributed by atoms with Crippen LogP contribution in [0.25, 0.3) is 11.0 Å². The fourth-order valence-corrected chi connectivity index (χ4v) is 5.56. The summed E-state index contributed by atoms with van der Waals surface area (Å²) in [7, 11) is -3.79. The number of sulfonamides is 1. The summed E-state index contributed by atoms with van der Waals surface area (Å²) in [6, 6.07) is 12.1. The van der Waals surface area contributed by atoms with E-state index in [0.29, 0.717) is 30.3 Å². The first-order chi connectivity index (χ1) is 16.4. The minimum absolute atomic E-state index is 0.0450. The van der Waals surface area contributed by atoms with Gasteiger partial charge in [-0.25, -0.2) is 18.1 Å². The summed E-state index contributed by atoms with van der Waals surface area (Å²) in [6.45, 7) is 3.10. The second kappa shape index (κ2) is 9.08. The molecule has 4 aromatic rings. The molecule has 9 heteroatoms. The zero-order chi connectivity index (χ0) is 23.7. The highest BCUT2D eigenvalue weighted by Crippen LogP contribution is 2.33. The van der Waals surface area contributed by atoms with Crippen LogP contribution >= 0.6 is 0 Å². The molecule has 1 saturated heterocycles. The van der Waals surface area contributed by atoms with E-state index in [4.69, 9.17) is 4.42 Å². The van der Waals surface area contributed by atoms with Crippen LogP contribution in [0.4, 0.5) is 0 Å². The van der Waals surface area contributed by atoms with Gasteiger partial charge in [-0.1, -0.05) is 6.07 Å². The van der Waals surface area contributed by atoms with Gasteiger partial charge in [0.15, 0.2) is 0 Å². The average Bonchev–Trinajstić information content (AvgIpc) is 3.53. The predicted octanol–water partition coefficient (Wildman–Crippen LogP) is 3.96. The molecule has 34 heavy (non-hydrogen) atoms. The Balaban J connectivity index is 1.29. The molecule has 2 N–H and O–H groups in total. The fourth-order valence-electron chi connectivity index (χ4n) is 4.54. The number of carbonyl (C=O) groups excluding carboxylic acids is 1. The molecule has 1 aliphatic rings. The molecule has 8 nitrogen and oxygen atoms in total. The number of benzene rings is 1. The minimum Gasteiger partial charge on any atom is -0.468 e. The molecule has 0 saturated carbocycles. The fraction of sp³-hybridized carbons (Fsp3) is 0.280. The molecule has 5 rings (SSSR count). The number of carbonyl (C=O) groups is 1. The van der Waals surface area contributed by atoms with Gasteiger partial charge in [-0.2, -0.15) is 0 Å². The third-order valence-electron chi connectivity index (χ3n) is 6.47. The Morgan fingerprint density at radius 2 is 2.03 bits per heavy atom. The number of nitrogens with one attached hydrogen (secondary N) is 2. The number of aromatic amines is 1. The first-order valence-electron chi connectivity index (χ1n) is 11.3. The molecule has 0 spiro atoms. The molecular formula is C25H26N4O4S. The number of H-pyrrole nitrogens is 1. The number of pyridine rings is 1. The van der Waals surface area contributed by atoms with E-state index in [1.54, 1.807) is 24.4 Å². The number of rotatable bonds is 6. The van der Waals surface area contributed by atoms with Crippen molar-refractivity contribution in [2.24, 2.45) is 0 Å². The van der Waals surface area contributed by atoms with Gasteiger partial charge in [0.25, 0.3) is 5.91 Å². The van der Waals surface area contributed by atoms with Crippen LogP contribution < -0.4 is 4.72 Å². The van der Waals surface area contributed by atoms with Gasteiger partial charge in [-0.15, -0.1) is 0 Å². The van der Waals surface area contributed by atoms with Crippen LogP contribution in [0, 0.1) is 6.92 Å². The maximum absolute atomic E-state index is 13.3. The van der Waals surface area contributed by atoms with Crippen LogP contribution in [0.15, 0.2) is 70.4 Å². The van der Waals surface area contributed by atoms with Gasteiger partial charge in [-0.05, 0) is 73.2 Å². The Bertz CT molecular complexity index is 1420. The van der Waals surface area contributed by atoms with Gasteiger partial charge in [0.05, 0.1) is 17.7 Å². The number of hydrogen-bond donors (Lipinski definition) is 2. The lowest BCUT2D eigenvalue weighted by Gasteiger charge is -2.32. The molecule has 176 valence electrons. The highest BCUT2D eigenvalue weighted by molar-refractivity contribution is 7.89. The summed E-state index contributed by atoms with van der Waals surface area (Å²) in [5.41, 5.74) is 3.28. The lowest BCUT2D eigenvalue weighted by Crippen LogP contribution is -2.38. The number of aryl methyl sites for hydroxylation is 1. The summed E-state index contributed by atoms with van der Waals surface area (Å²) in [5.74, 6) is 0.723. The number of piperidine rings is 1. The first-order valence-corrected chi connectivity index (χ1v) is 12.7. The van der Waals surface area contributed by atoms with Crippen molar-refractivity contribution in [2.75, 3.05) is 13.1 Å². The largest absolute Gasteiger partial charge is 0.468 e. The van der Waals surface area contributed by atoms with Gasteiger partial charge in [-0.3, -0.25) is 4.79 Å². The highest BCUT2D eigenvalue weighted by Gasteiger charge is 2.28. The van der Waals surface area contributed by atoms with E-state index in [-0.39, 0.29) is 17.3 Å². The van der Waals surface area contributed by atoms with E-state index < -0.39 is 10.0 Å². The van der Waals surface area contributed by atoms with Crippen LogP contribution in [0.3, 0.4) is 0 Å². The molecule has 0 atom stereocenters. The first kappa shape index (κ1) is 22.4. The normalized spacial score (nSPS) is 15.1. The number of amides is 1. The number of fused-ring (bicyclic) bond motifs is 1. The van der Waals surface area contributed by atoms with E-state index in [9.17, 15) is 13.2 Å². The molecule has 4 heterocycles. The quantitative estimate of drug-likeness (QED) is 0.436. The van der Waals surface area contributed by atoms with E-state index >= 15 is 0 Å². The molecule has 0 aliphatic carbocycles. The number of nitrogens with zero attached hydrogens (tertiary/aromatic N) is 2. The monoisotopic (exact) mass is 478 g/mol. The van der Waals surface area contributed by atoms with Crippen LogP contribution in [0.1, 0.15) is 46.0 Å². The number of aromatic nitrogens is 2. The van der Waals surface area contributed by atoms with Gasteiger partial charge in [0.1, 0.15) is 11.4 Å². The van der Waals surface area contributed by atoms with Crippen molar-refractivity contribution < 1.29 is 17.6 Å². The number of likely N-dealkylation sites (tertiary alicyclic amines) is 1. The summed E-state index contributed by atoms with van der Waals surface area (Å²) in [6.07, 6.45) is 6.97. The Morgan fingerprint density at radius 1 is 1.21 bits per heavy atom. The van der Waals surface area contributed by atoms with Crippen molar-refractivity contribution in [3.63, 3.8) is 0 Å². The molecule has 1 amide bonds. The summed E-state index contributed by atoms with van der Waals surface area (Å²) in [4.78, 5) is 22.8. The average molecular weight is 479 g/mol. The molecular weight excluding hydrogens is 452 g/mol. The lowest BCUT2D eigenvalue weighted by molar-refractivity contribution is 0.0712. The number of furan rings is 1. The third kappa shape index (κ3) is 4.36. The van der Waals surface area contributed by atoms with Gasteiger partial charge < -0.3 is 14.3 Å². The lowest BCUT2D eigenvalue weighted by atomic mass is 9.89. The van der Waals surface area contributed by atoms with Crippen molar-refractivity contribution in [3.8, 4) is 0 Å². The maximum atomic E-state index is 13.3. The van der Waals surface area contributed by atoms with E-state index in [1.807, 2.05) is 24.1 Å². The van der Waals surface area contributed by atoms with Crippen LogP contribution in [-0.2, 0) is 16.6 Å². The summed E-state index contributed by atoms with van der Waals surface area (Å²) >= 11 is 0. The van der Waals surface area contributed by atoms with Crippen molar-refractivity contribution in [3.05, 3.63) is 83.6 Å². The van der Waals surface area contributed by atoms with Crippen molar-refractivity contribution >= 4 is 27.0 Å². The van der Waals surface area contributed by atoms with Crippen molar-refractivity contribution in [2.45, 2.75) is 37.1 Å². The minimum atomic E-state index is -3.79. The van der Waals surface area contributed by atoms with Crippen LogP contribution in [0.5, 0.6) is 0 Å². The molecule has 1 aromatic carbocycles. The van der Waals surface area contributed by atoms with Crippen molar-refractivity contribution in [1.29, 1.82) is 0 Å². The van der Waals surface area contributed by atoms with Crippen LogP contribution in [0.2, 0.25) is 0 Å². The van der Waals surface area contributed by atoms with Crippen LogP contribution in [-0.4, -0.2) is 42.3 Å². The van der Waals surface area contributed by atoms with Gasteiger partial charge >= 0.3 is 0 Å². The SMILES string of the molecule is Cc1ccc(S(=O)(=O)NCc2ccco2)cc1C(=O)N1CCC(c2c[nH]c3ncccc23)CC1. The smallest absolute Gasteiger partial charge is 0.254 e. The zero-order valence-electron chi connectivity index (χ0n) is 18.8. The predicted molar refractivity (Wildman–Crippen MR) is 128 cm³/mol. The zero-order valence-corrected chi connectivity index (χ0v) is 19.6. The summed E-state index contributed by atoms with van der Waals surface area (Å²) in [5, 5.41) is 1.13. The second-order valence-electron chi connectivity index (χ2n) is 8.59. The Hall–Kier alpha value is -3.43. The van der Waals surface area contributed by atoms with E-state index in [2.05, 4.69) is 20.8 Å². The molecule has 1 fully saturated rings. The molecule has 3 aromatic heterocycles. The number of hydrogen-bond acceptors (Lipinski definition) is 5. The topological polar surface area (TPSA) is 108 Å². The maximum Gasteiger partial charge on any atom is 0.254 e. The molecule has 0 bridgehead atoms. The van der Waals surface area contributed by atoms with Crippen molar-refractivity contribution in [1.82, 2.24) is 19.6 Å². The molecule has 1 aliphatic heterocycles. The second-order valence-corrected chi connectivity index (χ2v) is 10.4.